The van der Waals surface area contributed by atoms with Gasteiger partial charge in [0, 0.05) is 71.0 Å². The summed E-state index contributed by atoms with van der Waals surface area (Å²) in [6.07, 6.45) is -28.5. The van der Waals surface area contributed by atoms with E-state index in [9.17, 15) is 50.9 Å². The Morgan fingerprint density at radius 3 is 1.49 bits per heavy atom. The van der Waals surface area contributed by atoms with Crippen LogP contribution in [-0.4, -0.2) is 172 Å². The van der Waals surface area contributed by atoms with E-state index in [1.54, 1.807) is 0 Å². The number of alkyl halides is 2. The van der Waals surface area contributed by atoms with Gasteiger partial charge in [-0.1, -0.05) is 30.7 Å². The van der Waals surface area contributed by atoms with E-state index in [0.29, 0.717) is 0 Å². The zero-order valence-electron chi connectivity index (χ0n) is 38.9. The molecule has 36 nitrogen and oxygen atoms in total. The molecule has 18 atom stereocenters. The molecule has 4 aliphatic rings. The highest BCUT2D eigenvalue weighted by Crippen LogP contribution is 2.43. The van der Waals surface area contributed by atoms with E-state index in [2.05, 4.69) is 60.2 Å². The third kappa shape index (κ3) is 14.9. The lowest BCUT2D eigenvalue weighted by atomic mass is 9.83. The van der Waals surface area contributed by atoms with Crippen molar-refractivity contribution in [2.45, 2.75) is 164 Å². The largest absolute Gasteiger partial charge is 0.463 e. The van der Waals surface area contributed by atoms with Gasteiger partial charge >= 0.3 is 35.8 Å². The van der Waals surface area contributed by atoms with Gasteiger partial charge in [0.15, 0.2) is 49.3 Å². The number of hydrogen-bond acceptors (Lipinski definition) is 24. The van der Waals surface area contributed by atoms with Gasteiger partial charge in [-0.15, -0.1) is 0 Å². The number of azide groups is 6. The molecule has 3 saturated heterocycles. The second-order valence-corrected chi connectivity index (χ2v) is 15.7. The van der Waals surface area contributed by atoms with E-state index >= 15 is 8.78 Å². The van der Waals surface area contributed by atoms with Crippen LogP contribution in [-0.2, 0) is 85.6 Å². The zero-order valence-corrected chi connectivity index (χ0v) is 38.9. The van der Waals surface area contributed by atoms with Crippen LogP contribution in [0.2, 0.25) is 0 Å². The molecule has 4 fully saturated rings. The van der Waals surface area contributed by atoms with Crippen LogP contribution in [0, 0.1) is 0 Å². The molecule has 0 aromatic heterocycles. The quantitative estimate of drug-likeness (QED) is 0.0517. The first kappa shape index (κ1) is 57.9. The van der Waals surface area contributed by atoms with Crippen molar-refractivity contribution in [3.63, 3.8) is 0 Å². The minimum Gasteiger partial charge on any atom is -0.463 e. The van der Waals surface area contributed by atoms with Gasteiger partial charge in [-0.25, -0.2) is 8.78 Å². The summed E-state index contributed by atoms with van der Waals surface area (Å²) in [5.41, 5.74) is 56.7. The van der Waals surface area contributed by atoms with Crippen molar-refractivity contribution in [1.82, 2.24) is 0 Å². The Morgan fingerprint density at radius 2 is 0.959 bits per heavy atom. The number of rotatable bonds is 21. The fourth-order valence-corrected chi connectivity index (χ4v) is 8.15. The van der Waals surface area contributed by atoms with Crippen molar-refractivity contribution < 1.29 is 94.4 Å². The molecule has 38 heteroatoms. The molecule has 0 aromatic rings. The molecule has 0 unspecified atom stereocenters. The zero-order chi connectivity index (χ0) is 54.2. The molecule has 0 amide bonds. The molecule has 396 valence electrons. The summed E-state index contributed by atoms with van der Waals surface area (Å²) in [6, 6.07) is -7.92. The molecule has 0 bridgehead atoms. The van der Waals surface area contributed by atoms with E-state index in [1.165, 1.54) is 0 Å². The Hall–Kier alpha value is -7.70. The van der Waals surface area contributed by atoms with Gasteiger partial charge in [0.2, 0.25) is 0 Å². The Bertz CT molecular complexity index is 2380. The third-order valence-corrected chi connectivity index (χ3v) is 10.7. The van der Waals surface area contributed by atoms with Crippen LogP contribution in [0.3, 0.4) is 0 Å². The van der Waals surface area contributed by atoms with Gasteiger partial charge in [0.1, 0.15) is 49.3 Å². The van der Waals surface area contributed by atoms with Crippen LogP contribution in [0.15, 0.2) is 30.7 Å². The average molecular weight is 1040 g/mol. The van der Waals surface area contributed by atoms with Crippen LogP contribution in [0.1, 0.15) is 48.0 Å². The first-order valence-corrected chi connectivity index (χ1v) is 21.1. The molecule has 1 aliphatic carbocycles. The van der Waals surface area contributed by atoms with Crippen LogP contribution in [0.4, 0.5) is 8.78 Å². The summed E-state index contributed by atoms with van der Waals surface area (Å²) in [5, 5.41) is 20.8. The number of carbonyl (C=O) groups excluding carboxylic acids is 6. The van der Waals surface area contributed by atoms with Gasteiger partial charge in [-0.05, 0) is 39.6 Å². The SMILES string of the molecule is CC(=O)OC[C@H]1O[C@@H](O[C@@H]2[C@@H](OC(C)=O)[C@H](N=[N+]=[N-])C[C@H](N=[N+]=[N-])[C@H]2O[C@H]2O[C@H](CN=[N+]=[N-])[C@@H](OC(C)=O)C(F)(F)[C@H]2N=[N+]=[N-])[C@H](OC(C)=O)[C@@H]1O[C@H]1O[C@@H](CN=[N+]=[N-])[C@@H](OC(C)=O)[C@H](OC(C)=O)[C@H]1N=[N+]=[N-]. The lowest BCUT2D eigenvalue weighted by molar-refractivity contribution is -0.332. The standard InChI is InChI=1S/C35H44F2N18O18/c1-11(56)62-10-21-26(72-32-22(48-54-42)27(65-14(4)59)25(64-13(3)58)19(68-32)8-44-50-38)29(66-15(5)60)33(70-21)73-28-23(63-12(2)57)17(46-52-40)7-18(47-53-41)24(28)71-34-30(49-55-43)35(36,37)31(67-16(6)61)20(69-34)9-45-51-39/h17-34H,7-10H2,1-6H3/t17-,18+,19+,20-,21-,22-,23+,24-,25-,26-,27-,28-,29-,30+,31-,32-,33+,34-/m1/s1. The minimum absolute atomic E-state index is 0.613. The monoisotopic (exact) mass is 1040 g/mol. The maximum absolute atomic E-state index is 16.5. The van der Waals surface area contributed by atoms with E-state index in [1.807, 2.05) is 0 Å². The summed E-state index contributed by atoms with van der Waals surface area (Å²) in [4.78, 5) is 90.6. The van der Waals surface area contributed by atoms with Crippen molar-refractivity contribution in [2.75, 3.05) is 19.7 Å². The molecule has 0 aromatic carbocycles. The second-order valence-electron chi connectivity index (χ2n) is 15.7. The molecule has 73 heavy (non-hydrogen) atoms. The average Bonchev–Trinajstić information content (AvgIpc) is 3.61. The van der Waals surface area contributed by atoms with Crippen molar-refractivity contribution >= 4 is 35.8 Å². The molecular formula is C35H44F2N18O18. The van der Waals surface area contributed by atoms with Gasteiger partial charge in [0.25, 0.3) is 5.92 Å². The van der Waals surface area contributed by atoms with Crippen molar-refractivity contribution in [1.29, 1.82) is 0 Å². The summed E-state index contributed by atoms with van der Waals surface area (Å²) in [7, 11) is 0. The highest BCUT2D eigenvalue weighted by Gasteiger charge is 2.63. The normalized spacial score (nSPS) is 34.0. The van der Waals surface area contributed by atoms with Crippen molar-refractivity contribution in [3.8, 4) is 0 Å². The van der Waals surface area contributed by atoms with E-state index in [0.717, 1.165) is 41.5 Å². The molecule has 3 heterocycles. The smallest absolute Gasteiger partial charge is 0.303 e. The highest BCUT2D eigenvalue weighted by atomic mass is 19.3. The number of hydrogen-bond donors (Lipinski definition) is 0. The van der Waals surface area contributed by atoms with Gasteiger partial charge in [-0.3, -0.25) is 28.8 Å². The van der Waals surface area contributed by atoms with Crippen LogP contribution >= 0.6 is 0 Å². The molecule has 1 saturated carbocycles. The number of ether oxygens (including phenoxy) is 12. The molecular weight excluding hydrogens is 998 g/mol. The first-order valence-electron chi connectivity index (χ1n) is 21.1. The first-order chi connectivity index (χ1) is 34.6. The van der Waals surface area contributed by atoms with E-state index in [-0.39, 0.29) is 0 Å². The molecule has 0 radical (unpaired) electrons. The predicted octanol–water partition coefficient (Wildman–Crippen LogP) is 3.91. The Labute approximate surface area is 407 Å². The van der Waals surface area contributed by atoms with Crippen LogP contribution in [0.5, 0.6) is 0 Å². The number of nitrogens with zero attached hydrogens (tertiary/aromatic N) is 18. The fraction of sp³-hybridized carbons (Fsp3) is 0.829. The maximum Gasteiger partial charge on any atom is 0.303 e. The van der Waals surface area contributed by atoms with Crippen molar-refractivity contribution in [3.05, 3.63) is 62.7 Å². The Balaban J connectivity index is 1.94. The van der Waals surface area contributed by atoms with E-state index < -0.39 is 178 Å². The van der Waals surface area contributed by atoms with Crippen LogP contribution in [0.25, 0.3) is 62.7 Å². The minimum atomic E-state index is -4.41. The van der Waals surface area contributed by atoms with Gasteiger partial charge < -0.3 is 56.8 Å². The second kappa shape index (κ2) is 26.7. The Kier molecular flexibility index (Phi) is 21.1. The summed E-state index contributed by atoms with van der Waals surface area (Å²) in [5.74, 6) is -10.8. The fourth-order valence-electron chi connectivity index (χ4n) is 8.15. The predicted molar refractivity (Wildman–Crippen MR) is 224 cm³/mol. The maximum atomic E-state index is 16.5. The molecule has 4 rings (SSSR count). The van der Waals surface area contributed by atoms with Gasteiger partial charge in [-0.2, -0.15) is 0 Å². The summed E-state index contributed by atoms with van der Waals surface area (Å²) < 4.78 is 101. The summed E-state index contributed by atoms with van der Waals surface area (Å²) >= 11 is 0. The topological polar surface area (TPSA) is 506 Å². The number of esters is 6. The molecule has 3 aliphatic heterocycles. The lowest BCUT2D eigenvalue weighted by Gasteiger charge is -2.48. The number of halogens is 2. The third-order valence-electron chi connectivity index (χ3n) is 10.7. The van der Waals surface area contributed by atoms with E-state index in [4.69, 9.17) is 67.9 Å². The summed E-state index contributed by atoms with van der Waals surface area (Å²) in [6.45, 7) is 3.02. The highest BCUT2D eigenvalue weighted by molar-refractivity contribution is 5.68. The lowest BCUT2D eigenvalue weighted by Crippen LogP contribution is -2.66. The van der Waals surface area contributed by atoms with Crippen LogP contribution < -0.4 is 0 Å². The van der Waals surface area contributed by atoms with Gasteiger partial charge in [0.05, 0.1) is 31.3 Å². The molecule has 0 spiro atoms. The molecule has 0 N–H and O–H groups in total. The number of carbonyl (C=O) groups is 6. The Morgan fingerprint density at radius 1 is 0.493 bits per heavy atom. The van der Waals surface area contributed by atoms with Crippen molar-refractivity contribution in [2.24, 2.45) is 30.7 Å².